The fraction of sp³-hybridized carbons (Fsp3) is 0.238. The number of carbonyl (C=O) groups excluding carboxylic acids is 2. The molecular formula is C21H21N3O3S. The molecule has 3 aromatic rings. The molecule has 3 heterocycles. The highest BCUT2D eigenvalue weighted by Gasteiger charge is 2.27. The molecule has 6 nitrogen and oxygen atoms in total. The molecule has 1 aliphatic rings. The van der Waals surface area contributed by atoms with Crippen LogP contribution >= 0.6 is 11.3 Å². The quantitative estimate of drug-likeness (QED) is 0.668. The minimum atomic E-state index is -0.192. The molecule has 0 saturated heterocycles. The van der Waals surface area contributed by atoms with Crippen LogP contribution in [0.1, 0.15) is 35.9 Å². The van der Waals surface area contributed by atoms with Crippen molar-refractivity contribution in [2.75, 3.05) is 11.9 Å². The van der Waals surface area contributed by atoms with E-state index >= 15 is 0 Å². The Morgan fingerprint density at radius 1 is 1.25 bits per heavy atom. The van der Waals surface area contributed by atoms with Crippen LogP contribution in [0.2, 0.25) is 0 Å². The number of carbonyl (C=O) groups is 2. The Hall–Kier alpha value is -3.06. The van der Waals surface area contributed by atoms with Gasteiger partial charge in [-0.1, -0.05) is 12.1 Å². The summed E-state index contributed by atoms with van der Waals surface area (Å²) in [7, 11) is 0. The zero-order chi connectivity index (χ0) is 19.5. The second kappa shape index (κ2) is 7.90. The number of fused-ring (bicyclic) bond motifs is 1. The van der Waals surface area contributed by atoms with Crippen molar-refractivity contribution in [3.05, 3.63) is 70.7 Å². The third-order valence-electron chi connectivity index (χ3n) is 4.69. The molecule has 2 unspecified atom stereocenters. The summed E-state index contributed by atoms with van der Waals surface area (Å²) in [6.07, 6.45) is 4.31. The Morgan fingerprint density at radius 3 is 2.79 bits per heavy atom. The minimum absolute atomic E-state index is 0.0283. The fourth-order valence-corrected chi connectivity index (χ4v) is 4.26. The van der Waals surface area contributed by atoms with E-state index in [1.54, 1.807) is 17.4 Å². The van der Waals surface area contributed by atoms with Crippen molar-refractivity contribution in [1.29, 1.82) is 0 Å². The summed E-state index contributed by atoms with van der Waals surface area (Å²) in [6.45, 7) is 1.85. The fourth-order valence-electron chi connectivity index (χ4n) is 3.43. The van der Waals surface area contributed by atoms with Gasteiger partial charge in [-0.25, -0.2) is 0 Å². The van der Waals surface area contributed by atoms with E-state index < -0.39 is 0 Å². The van der Waals surface area contributed by atoms with E-state index in [0.717, 1.165) is 10.4 Å². The first-order chi connectivity index (χ1) is 13.6. The second-order valence-electron chi connectivity index (χ2n) is 6.73. The highest BCUT2D eigenvalue weighted by Crippen LogP contribution is 2.35. The number of benzene rings is 1. The molecule has 0 radical (unpaired) electrons. The molecule has 7 heteroatoms. The van der Waals surface area contributed by atoms with E-state index in [-0.39, 0.29) is 23.9 Å². The molecule has 0 saturated carbocycles. The average Bonchev–Trinajstić information content (AvgIpc) is 3.42. The van der Waals surface area contributed by atoms with Crippen LogP contribution < -0.4 is 15.4 Å². The Kier molecular flexibility index (Phi) is 5.16. The van der Waals surface area contributed by atoms with Crippen LogP contribution in [0.25, 0.3) is 0 Å². The molecule has 144 valence electrons. The molecule has 2 amide bonds. The Bertz CT molecular complexity index is 933. The SMILES string of the molecule is CC(=O)Nc1ccc2c(c1)OCC2NC(=O)CC(c1cccs1)n1cccc1. The van der Waals surface area contributed by atoms with Gasteiger partial charge in [0.05, 0.1) is 18.5 Å². The number of ether oxygens (including phenoxy) is 1. The summed E-state index contributed by atoms with van der Waals surface area (Å²) >= 11 is 1.65. The summed E-state index contributed by atoms with van der Waals surface area (Å²) in [5, 5.41) is 7.85. The lowest BCUT2D eigenvalue weighted by Crippen LogP contribution is -2.31. The van der Waals surface area contributed by atoms with Crippen LogP contribution in [0, 0.1) is 0 Å². The second-order valence-corrected chi connectivity index (χ2v) is 7.71. The maximum atomic E-state index is 12.8. The number of hydrogen-bond donors (Lipinski definition) is 2. The molecule has 0 aliphatic carbocycles. The Labute approximate surface area is 167 Å². The monoisotopic (exact) mass is 395 g/mol. The van der Waals surface area contributed by atoms with Crippen molar-refractivity contribution in [2.45, 2.75) is 25.4 Å². The lowest BCUT2D eigenvalue weighted by Gasteiger charge is -2.19. The topological polar surface area (TPSA) is 72.4 Å². The lowest BCUT2D eigenvalue weighted by atomic mass is 10.1. The van der Waals surface area contributed by atoms with E-state index in [1.165, 1.54) is 6.92 Å². The standard InChI is InChI=1S/C21H21N3O3S/c1-14(25)22-15-6-7-16-17(13-27-19(16)11-15)23-21(26)12-18(20-5-4-10-28-20)24-8-2-3-9-24/h2-11,17-18H,12-13H2,1H3,(H,22,25)(H,23,26). The van der Waals surface area contributed by atoms with E-state index in [1.807, 2.05) is 48.1 Å². The molecule has 1 aliphatic heterocycles. The number of amides is 2. The number of nitrogens with one attached hydrogen (secondary N) is 2. The molecule has 2 N–H and O–H groups in total. The first kappa shape index (κ1) is 18.3. The Morgan fingerprint density at radius 2 is 2.07 bits per heavy atom. The third-order valence-corrected chi connectivity index (χ3v) is 5.66. The van der Waals surface area contributed by atoms with Crippen molar-refractivity contribution in [2.24, 2.45) is 0 Å². The highest BCUT2D eigenvalue weighted by molar-refractivity contribution is 7.10. The van der Waals surface area contributed by atoms with Crippen LogP contribution in [0.3, 0.4) is 0 Å². The van der Waals surface area contributed by atoms with Gasteiger partial charge in [-0.2, -0.15) is 0 Å². The van der Waals surface area contributed by atoms with Gasteiger partial charge in [-0.15, -0.1) is 11.3 Å². The van der Waals surface area contributed by atoms with E-state index in [9.17, 15) is 9.59 Å². The molecule has 1 aromatic carbocycles. The summed E-state index contributed by atoms with van der Waals surface area (Å²) in [6, 6.07) is 13.3. The minimum Gasteiger partial charge on any atom is -0.491 e. The van der Waals surface area contributed by atoms with Gasteiger partial charge < -0.3 is 19.9 Å². The Balaban J connectivity index is 1.45. The van der Waals surface area contributed by atoms with Crippen molar-refractivity contribution >= 4 is 28.8 Å². The predicted octanol–water partition coefficient (Wildman–Crippen LogP) is 3.74. The van der Waals surface area contributed by atoms with Crippen LogP contribution in [0.4, 0.5) is 5.69 Å². The first-order valence-electron chi connectivity index (χ1n) is 9.09. The molecule has 28 heavy (non-hydrogen) atoms. The van der Waals surface area contributed by atoms with Crippen molar-refractivity contribution in [1.82, 2.24) is 9.88 Å². The number of thiophene rings is 1. The van der Waals surface area contributed by atoms with Gasteiger partial charge in [0, 0.05) is 41.5 Å². The average molecular weight is 395 g/mol. The van der Waals surface area contributed by atoms with Gasteiger partial charge in [0.1, 0.15) is 12.4 Å². The van der Waals surface area contributed by atoms with Crippen molar-refractivity contribution < 1.29 is 14.3 Å². The lowest BCUT2D eigenvalue weighted by molar-refractivity contribution is -0.122. The van der Waals surface area contributed by atoms with E-state index in [4.69, 9.17) is 4.74 Å². The summed E-state index contributed by atoms with van der Waals surface area (Å²) in [4.78, 5) is 25.1. The first-order valence-corrected chi connectivity index (χ1v) is 9.97. The molecule has 0 bridgehead atoms. The predicted molar refractivity (Wildman–Crippen MR) is 109 cm³/mol. The number of hydrogen-bond acceptors (Lipinski definition) is 4. The van der Waals surface area contributed by atoms with Crippen LogP contribution in [-0.2, 0) is 9.59 Å². The molecule has 0 spiro atoms. The summed E-state index contributed by atoms with van der Waals surface area (Å²) in [5.74, 6) is 0.531. The van der Waals surface area contributed by atoms with Gasteiger partial charge in [-0.05, 0) is 29.6 Å². The maximum absolute atomic E-state index is 12.8. The number of anilines is 1. The van der Waals surface area contributed by atoms with Gasteiger partial charge in [0.2, 0.25) is 11.8 Å². The van der Waals surface area contributed by atoms with E-state index in [0.29, 0.717) is 24.5 Å². The molecular weight excluding hydrogens is 374 g/mol. The number of aromatic nitrogens is 1. The molecule has 0 fully saturated rings. The zero-order valence-electron chi connectivity index (χ0n) is 15.4. The molecule has 2 atom stereocenters. The zero-order valence-corrected chi connectivity index (χ0v) is 16.2. The van der Waals surface area contributed by atoms with Crippen molar-refractivity contribution in [3.63, 3.8) is 0 Å². The molecule has 4 rings (SSSR count). The summed E-state index contributed by atoms with van der Waals surface area (Å²) in [5.41, 5.74) is 1.61. The summed E-state index contributed by atoms with van der Waals surface area (Å²) < 4.78 is 7.77. The number of nitrogens with zero attached hydrogens (tertiary/aromatic N) is 1. The van der Waals surface area contributed by atoms with Crippen LogP contribution in [0.5, 0.6) is 5.75 Å². The smallest absolute Gasteiger partial charge is 0.223 e. The van der Waals surface area contributed by atoms with E-state index in [2.05, 4.69) is 21.3 Å². The van der Waals surface area contributed by atoms with Crippen molar-refractivity contribution in [3.8, 4) is 5.75 Å². The van der Waals surface area contributed by atoms with Gasteiger partial charge in [0.15, 0.2) is 0 Å². The largest absolute Gasteiger partial charge is 0.491 e. The third kappa shape index (κ3) is 3.94. The van der Waals surface area contributed by atoms with Gasteiger partial charge >= 0.3 is 0 Å². The van der Waals surface area contributed by atoms with Crippen LogP contribution in [0.15, 0.2) is 60.2 Å². The normalized spacial score (nSPS) is 16.1. The highest BCUT2D eigenvalue weighted by atomic mass is 32.1. The number of rotatable bonds is 6. The van der Waals surface area contributed by atoms with Gasteiger partial charge in [0.25, 0.3) is 0 Å². The molecule has 2 aromatic heterocycles. The van der Waals surface area contributed by atoms with Crippen LogP contribution in [-0.4, -0.2) is 23.0 Å². The van der Waals surface area contributed by atoms with Gasteiger partial charge in [-0.3, -0.25) is 9.59 Å². The maximum Gasteiger partial charge on any atom is 0.223 e.